The summed E-state index contributed by atoms with van der Waals surface area (Å²) in [5.74, 6) is -1.71. The van der Waals surface area contributed by atoms with Crippen LogP contribution >= 0.6 is 11.3 Å². The van der Waals surface area contributed by atoms with E-state index in [1.54, 1.807) is 6.92 Å². The average molecular weight is 300 g/mol. The van der Waals surface area contributed by atoms with Crippen LogP contribution in [0.2, 0.25) is 0 Å². The number of hydrogen-bond donors (Lipinski definition) is 4. The summed E-state index contributed by atoms with van der Waals surface area (Å²) in [7, 11) is 0. The molecule has 0 fully saturated rings. The maximum absolute atomic E-state index is 11.6. The molecule has 0 unspecified atom stereocenters. The largest absolute Gasteiger partial charge is 0.477 e. The molecule has 0 aliphatic carbocycles. The summed E-state index contributed by atoms with van der Waals surface area (Å²) < 4.78 is 0. The van der Waals surface area contributed by atoms with Gasteiger partial charge in [0.25, 0.3) is 0 Å². The Labute approximate surface area is 119 Å². The Morgan fingerprint density at radius 1 is 1.40 bits per heavy atom. The van der Waals surface area contributed by atoms with E-state index in [9.17, 15) is 14.4 Å². The lowest BCUT2D eigenvalue weighted by Crippen LogP contribution is -2.55. The number of rotatable bonds is 5. The Hall–Kier alpha value is -2.16. The first-order valence-electron chi connectivity index (χ1n) is 5.69. The SMILES string of the molecule is Cc1nc(CNC(=O)NC(C)(C)C(N)=O)sc1C(=O)O. The van der Waals surface area contributed by atoms with Gasteiger partial charge < -0.3 is 21.5 Å². The van der Waals surface area contributed by atoms with Crippen LogP contribution in [0.1, 0.15) is 34.2 Å². The van der Waals surface area contributed by atoms with Crippen molar-refractivity contribution in [1.82, 2.24) is 15.6 Å². The second-order valence-electron chi connectivity index (χ2n) is 4.62. The van der Waals surface area contributed by atoms with Gasteiger partial charge in [-0.1, -0.05) is 0 Å². The van der Waals surface area contributed by atoms with Gasteiger partial charge in [-0.2, -0.15) is 0 Å². The van der Waals surface area contributed by atoms with Crippen LogP contribution in [-0.2, 0) is 11.3 Å². The number of aryl methyl sites for hydroxylation is 1. The molecule has 20 heavy (non-hydrogen) atoms. The first-order valence-corrected chi connectivity index (χ1v) is 6.50. The van der Waals surface area contributed by atoms with Gasteiger partial charge in [-0.05, 0) is 20.8 Å². The molecule has 0 saturated heterocycles. The number of carbonyl (C=O) groups excluding carboxylic acids is 2. The number of aromatic carboxylic acids is 1. The van der Waals surface area contributed by atoms with Crippen LogP contribution in [-0.4, -0.2) is 33.5 Å². The minimum atomic E-state index is -1.17. The monoisotopic (exact) mass is 300 g/mol. The van der Waals surface area contributed by atoms with Crippen molar-refractivity contribution >= 4 is 29.2 Å². The lowest BCUT2D eigenvalue weighted by molar-refractivity contribution is -0.122. The summed E-state index contributed by atoms with van der Waals surface area (Å²) >= 11 is 0.989. The van der Waals surface area contributed by atoms with Crippen molar-refractivity contribution in [1.29, 1.82) is 0 Å². The number of hydrogen-bond acceptors (Lipinski definition) is 5. The normalized spacial score (nSPS) is 10.9. The van der Waals surface area contributed by atoms with E-state index in [4.69, 9.17) is 10.8 Å². The van der Waals surface area contributed by atoms with Gasteiger partial charge in [-0.15, -0.1) is 11.3 Å². The molecule has 1 aromatic heterocycles. The standard InChI is InChI=1S/C11H16N4O4S/c1-5-7(8(16)17)20-6(14-5)4-13-10(19)15-11(2,3)9(12)18/h4H2,1-3H3,(H2,12,18)(H,16,17)(H2,13,15,19). The van der Waals surface area contributed by atoms with Crippen molar-refractivity contribution in [3.8, 4) is 0 Å². The van der Waals surface area contributed by atoms with Gasteiger partial charge in [-0.3, -0.25) is 4.79 Å². The highest BCUT2D eigenvalue weighted by Gasteiger charge is 2.26. The van der Waals surface area contributed by atoms with Crippen molar-refractivity contribution in [2.45, 2.75) is 32.9 Å². The molecule has 0 atom stereocenters. The molecule has 0 aromatic carbocycles. The number of carbonyl (C=O) groups is 3. The third-order valence-corrected chi connectivity index (χ3v) is 3.62. The number of nitrogens with two attached hydrogens (primary N) is 1. The number of carboxylic acid groups (broad SMARTS) is 1. The highest BCUT2D eigenvalue weighted by atomic mass is 32.1. The van der Waals surface area contributed by atoms with E-state index in [0.29, 0.717) is 10.7 Å². The zero-order valence-electron chi connectivity index (χ0n) is 11.3. The number of carboxylic acids is 1. The van der Waals surface area contributed by atoms with E-state index in [1.807, 2.05) is 0 Å². The van der Waals surface area contributed by atoms with Crippen LogP contribution < -0.4 is 16.4 Å². The van der Waals surface area contributed by atoms with E-state index in [1.165, 1.54) is 13.8 Å². The van der Waals surface area contributed by atoms with Crippen molar-refractivity contribution in [2.24, 2.45) is 5.73 Å². The molecule has 1 heterocycles. The molecule has 3 amide bonds. The minimum Gasteiger partial charge on any atom is -0.477 e. The predicted octanol–water partition coefficient (Wildman–Crippen LogP) is 0.213. The summed E-state index contributed by atoms with van der Waals surface area (Å²) in [4.78, 5) is 37.7. The zero-order chi connectivity index (χ0) is 15.5. The highest BCUT2D eigenvalue weighted by molar-refractivity contribution is 7.13. The molecule has 8 nitrogen and oxygen atoms in total. The number of thiazole rings is 1. The van der Waals surface area contributed by atoms with E-state index < -0.39 is 23.4 Å². The fraction of sp³-hybridized carbons (Fsp3) is 0.455. The lowest BCUT2D eigenvalue weighted by Gasteiger charge is -2.22. The number of nitrogens with zero attached hydrogens (tertiary/aromatic N) is 1. The Morgan fingerprint density at radius 2 is 2.00 bits per heavy atom. The molecule has 0 bridgehead atoms. The smallest absolute Gasteiger partial charge is 0.347 e. The molecular formula is C11H16N4O4S. The van der Waals surface area contributed by atoms with Crippen LogP contribution in [0, 0.1) is 6.92 Å². The number of nitrogens with one attached hydrogen (secondary N) is 2. The molecule has 5 N–H and O–H groups in total. The predicted molar refractivity (Wildman–Crippen MR) is 72.5 cm³/mol. The van der Waals surface area contributed by atoms with Gasteiger partial charge in [0.1, 0.15) is 15.4 Å². The van der Waals surface area contributed by atoms with Crippen molar-refractivity contribution in [2.75, 3.05) is 0 Å². The minimum absolute atomic E-state index is 0.0689. The first kappa shape index (κ1) is 15.9. The van der Waals surface area contributed by atoms with E-state index >= 15 is 0 Å². The lowest BCUT2D eigenvalue weighted by atomic mass is 10.1. The second kappa shape index (κ2) is 5.87. The molecule has 0 spiro atoms. The summed E-state index contributed by atoms with van der Waals surface area (Å²) in [6.45, 7) is 4.61. The molecule has 0 aliphatic rings. The maximum Gasteiger partial charge on any atom is 0.347 e. The second-order valence-corrected chi connectivity index (χ2v) is 5.71. The molecule has 1 aromatic rings. The third kappa shape index (κ3) is 3.92. The first-order chi connectivity index (χ1) is 9.13. The Kier molecular flexibility index (Phi) is 4.66. The Morgan fingerprint density at radius 3 is 2.45 bits per heavy atom. The van der Waals surface area contributed by atoms with Crippen molar-refractivity contribution in [3.63, 3.8) is 0 Å². The van der Waals surface area contributed by atoms with Crippen molar-refractivity contribution < 1.29 is 19.5 Å². The maximum atomic E-state index is 11.6. The van der Waals surface area contributed by atoms with E-state index in [0.717, 1.165) is 11.3 Å². The van der Waals surface area contributed by atoms with Gasteiger partial charge in [0, 0.05) is 0 Å². The number of aromatic nitrogens is 1. The van der Waals surface area contributed by atoms with Gasteiger partial charge in [0.05, 0.1) is 12.2 Å². The molecule has 0 aliphatic heterocycles. The zero-order valence-corrected chi connectivity index (χ0v) is 12.1. The van der Waals surface area contributed by atoms with Crippen LogP contribution in [0.4, 0.5) is 4.79 Å². The number of urea groups is 1. The van der Waals surface area contributed by atoms with Gasteiger partial charge in [0.15, 0.2) is 0 Å². The molecule has 1 rings (SSSR count). The Balaban J connectivity index is 2.60. The molecular weight excluding hydrogens is 284 g/mol. The molecule has 0 radical (unpaired) electrons. The van der Waals surface area contributed by atoms with Gasteiger partial charge >= 0.3 is 12.0 Å². The quantitative estimate of drug-likeness (QED) is 0.616. The van der Waals surface area contributed by atoms with Crippen LogP contribution in [0.25, 0.3) is 0 Å². The van der Waals surface area contributed by atoms with Crippen LogP contribution in [0.3, 0.4) is 0 Å². The molecule has 9 heteroatoms. The molecule has 110 valence electrons. The van der Waals surface area contributed by atoms with Gasteiger partial charge in [0.2, 0.25) is 5.91 Å². The van der Waals surface area contributed by atoms with E-state index in [2.05, 4.69) is 15.6 Å². The average Bonchev–Trinajstić information content (AvgIpc) is 2.67. The van der Waals surface area contributed by atoms with Crippen LogP contribution in [0.5, 0.6) is 0 Å². The summed E-state index contributed by atoms with van der Waals surface area (Å²) in [5, 5.41) is 14.2. The third-order valence-electron chi connectivity index (χ3n) is 2.48. The fourth-order valence-electron chi connectivity index (χ4n) is 1.27. The van der Waals surface area contributed by atoms with Gasteiger partial charge in [-0.25, -0.2) is 14.6 Å². The number of amides is 3. The fourth-order valence-corrected chi connectivity index (χ4v) is 2.12. The number of primary amides is 1. The molecule has 0 saturated carbocycles. The van der Waals surface area contributed by atoms with E-state index in [-0.39, 0.29) is 11.4 Å². The Bertz CT molecular complexity index is 553. The van der Waals surface area contributed by atoms with Crippen molar-refractivity contribution in [3.05, 3.63) is 15.6 Å². The summed E-state index contributed by atoms with van der Waals surface area (Å²) in [6, 6.07) is -0.585. The van der Waals surface area contributed by atoms with Crippen LogP contribution in [0.15, 0.2) is 0 Å². The topological polar surface area (TPSA) is 134 Å². The summed E-state index contributed by atoms with van der Waals surface area (Å²) in [6.07, 6.45) is 0. The highest BCUT2D eigenvalue weighted by Crippen LogP contribution is 2.17. The summed E-state index contributed by atoms with van der Waals surface area (Å²) in [5.41, 5.74) is 4.35.